The van der Waals surface area contributed by atoms with Gasteiger partial charge in [-0.05, 0) is 54.8 Å². The molecule has 0 spiro atoms. The third-order valence-corrected chi connectivity index (χ3v) is 4.04. The second kappa shape index (κ2) is 6.84. The summed E-state index contributed by atoms with van der Waals surface area (Å²) in [5, 5.41) is 0.680. The maximum absolute atomic E-state index is 10.6. The first-order valence-electron chi connectivity index (χ1n) is 7.46. The van der Waals surface area contributed by atoms with E-state index in [1.807, 2.05) is 31.2 Å². The predicted octanol–water partition coefficient (Wildman–Crippen LogP) is 4.24. The lowest BCUT2D eigenvalue weighted by molar-refractivity contribution is -0.107. The molecule has 0 atom stereocenters. The van der Waals surface area contributed by atoms with Crippen LogP contribution in [0.5, 0.6) is 5.75 Å². The molecule has 0 aliphatic heterocycles. The molecule has 4 nitrogen and oxygen atoms in total. The second-order valence-electron chi connectivity index (χ2n) is 5.38. The van der Waals surface area contributed by atoms with Gasteiger partial charge in [0.15, 0.2) is 0 Å². The Morgan fingerprint density at radius 2 is 2.00 bits per heavy atom. The highest BCUT2D eigenvalue weighted by atomic mass is 35.5. The standard InChI is InChI=1S/C18H17ClN2O2/c1-12-13(3-2-10-22)4-9-16-18(12)21-17(20-16)11-23-15-7-5-14(19)6-8-15/h4-10H,2-3,11H2,1H3,(H,20,21). The molecule has 23 heavy (non-hydrogen) atoms. The average Bonchev–Trinajstić information content (AvgIpc) is 2.98. The van der Waals surface area contributed by atoms with E-state index >= 15 is 0 Å². The number of aromatic amines is 1. The first kappa shape index (κ1) is 15.6. The molecule has 0 aliphatic carbocycles. The maximum Gasteiger partial charge on any atom is 0.146 e. The van der Waals surface area contributed by atoms with Crippen LogP contribution in [0.2, 0.25) is 5.02 Å². The third kappa shape index (κ3) is 3.54. The van der Waals surface area contributed by atoms with E-state index in [0.717, 1.165) is 46.4 Å². The van der Waals surface area contributed by atoms with Crippen LogP contribution in [0.25, 0.3) is 11.0 Å². The third-order valence-electron chi connectivity index (χ3n) is 3.79. The number of carbonyl (C=O) groups excluding carboxylic acids is 1. The van der Waals surface area contributed by atoms with Crippen LogP contribution in [0.1, 0.15) is 23.4 Å². The number of hydrogen-bond acceptors (Lipinski definition) is 3. The van der Waals surface area contributed by atoms with Crippen molar-refractivity contribution in [3.63, 3.8) is 0 Å². The largest absolute Gasteiger partial charge is 0.486 e. The van der Waals surface area contributed by atoms with Crippen molar-refractivity contribution in [3.05, 3.63) is 58.4 Å². The number of ether oxygens (including phenoxy) is 1. The highest BCUT2D eigenvalue weighted by molar-refractivity contribution is 6.30. The van der Waals surface area contributed by atoms with Gasteiger partial charge < -0.3 is 14.5 Å². The zero-order chi connectivity index (χ0) is 16.2. The van der Waals surface area contributed by atoms with Crippen LogP contribution in [-0.2, 0) is 17.8 Å². The highest BCUT2D eigenvalue weighted by Gasteiger charge is 2.09. The number of aryl methyl sites for hydroxylation is 2. The number of aromatic nitrogens is 2. The van der Waals surface area contributed by atoms with Gasteiger partial charge in [0.05, 0.1) is 11.0 Å². The van der Waals surface area contributed by atoms with Crippen LogP contribution in [-0.4, -0.2) is 16.3 Å². The van der Waals surface area contributed by atoms with Gasteiger partial charge in [-0.25, -0.2) is 4.98 Å². The first-order chi connectivity index (χ1) is 11.2. The predicted molar refractivity (Wildman–Crippen MR) is 91.0 cm³/mol. The monoisotopic (exact) mass is 328 g/mol. The smallest absolute Gasteiger partial charge is 0.146 e. The number of halogens is 1. The van der Waals surface area contributed by atoms with E-state index in [0.29, 0.717) is 18.1 Å². The van der Waals surface area contributed by atoms with Crippen LogP contribution in [0.3, 0.4) is 0 Å². The van der Waals surface area contributed by atoms with Crippen LogP contribution < -0.4 is 4.74 Å². The van der Waals surface area contributed by atoms with E-state index in [9.17, 15) is 4.79 Å². The number of imidazole rings is 1. The SMILES string of the molecule is Cc1c(CCC=O)ccc2[nH]c(COc3ccc(Cl)cc3)nc12. The Bertz CT molecular complexity index is 825. The summed E-state index contributed by atoms with van der Waals surface area (Å²) >= 11 is 5.85. The van der Waals surface area contributed by atoms with Crippen molar-refractivity contribution in [3.8, 4) is 5.75 Å². The minimum Gasteiger partial charge on any atom is -0.486 e. The molecule has 0 radical (unpaired) electrons. The van der Waals surface area contributed by atoms with Crippen molar-refractivity contribution >= 4 is 28.9 Å². The summed E-state index contributed by atoms with van der Waals surface area (Å²) in [6, 6.07) is 11.3. The van der Waals surface area contributed by atoms with Gasteiger partial charge in [-0.15, -0.1) is 0 Å². The summed E-state index contributed by atoms with van der Waals surface area (Å²) < 4.78 is 5.71. The fourth-order valence-corrected chi connectivity index (χ4v) is 2.67. The Hall–Kier alpha value is -2.33. The molecule has 3 aromatic rings. The Morgan fingerprint density at radius 1 is 1.22 bits per heavy atom. The van der Waals surface area contributed by atoms with Gasteiger partial charge >= 0.3 is 0 Å². The van der Waals surface area contributed by atoms with Crippen molar-refractivity contribution in [2.45, 2.75) is 26.4 Å². The van der Waals surface area contributed by atoms with Gasteiger partial charge in [0.25, 0.3) is 0 Å². The molecule has 0 unspecified atom stereocenters. The van der Waals surface area contributed by atoms with Crippen molar-refractivity contribution < 1.29 is 9.53 Å². The molecule has 3 rings (SSSR count). The number of fused-ring (bicyclic) bond motifs is 1. The summed E-state index contributed by atoms with van der Waals surface area (Å²) in [6.07, 6.45) is 2.22. The molecule has 0 fully saturated rings. The molecule has 0 amide bonds. The zero-order valence-electron chi connectivity index (χ0n) is 12.8. The van der Waals surface area contributed by atoms with Crippen LogP contribution in [0.15, 0.2) is 36.4 Å². The van der Waals surface area contributed by atoms with E-state index in [1.54, 1.807) is 12.1 Å². The molecule has 5 heteroatoms. The number of H-pyrrole nitrogens is 1. The van der Waals surface area contributed by atoms with E-state index in [-0.39, 0.29) is 0 Å². The van der Waals surface area contributed by atoms with E-state index < -0.39 is 0 Å². The van der Waals surface area contributed by atoms with Crippen molar-refractivity contribution in [1.29, 1.82) is 0 Å². The topological polar surface area (TPSA) is 55.0 Å². The molecule has 1 aromatic heterocycles. The lowest BCUT2D eigenvalue weighted by Crippen LogP contribution is -1.97. The van der Waals surface area contributed by atoms with Gasteiger partial charge in [0.1, 0.15) is 24.5 Å². The van der Waals surface area contributed by atoms with E-state index in [1.165, 1.54) is 0 Å². The Labute approximate surface area is 139 Å². The minimum atomic E-state index is 0.361. The Morgan fingerprint density at radius 3 is 2.74 bits per heavy atom. The minimum absolute atomic E-state index is 0.361. The lowest BCUT2D eigenvalue weighted by atomic mass is 10.0. The first-order valence-corrected chi connectivity index (χ1v) is 7.84. The fraction of sp³-hybridized carbons (Fsp3) is 0.222. The van der Waals surface area contributed by atoms with Crippen LogP contribution >= 0.6 is 11.6 Å². The van der Waals surface area contributed by atoms with Gasteiger partial charge in [-0.3, -0.25) is 0 Å². The summed E-state index contributed by atoms with van der Waals surface area (Å²) in [6.45, 7) is 2.40. The lowest BCUT2D eigenvalue weighted by Gasteiger charge is -2.03. The van der Waals surface area contributed by atoms with Crippen molar-refractivity contribution in [2.24, 2.45) is 0 Å². The normalized spacial score (nSPS) is 10.9. The van der Waals surface area contributed by atoms with Gasteiger partial charge in [-0.1, -0.05) is 17.7 Å². The summed E-state index contributed by atoms with van der Waals surface area (Å²) in [5.41, 5.74) is 4.18. The highest BCUT2D eigenvalue weighted by Crippen LogP contribution is 2.22. The molecule has 1 N–H and O–H groups in total. The number of aldehydes is 1. The second-order valence-corrected chi connectivity index (χ2v) is 5.81. The van der Waals surface area contributed by atoms with Gasteiger partial charge in [-0.2, -0.15) is 0 Å². The average molecular weight is 329 g/mol. The molecule has 0 aliphatic rings. The summed E-state index contributed by atoms with van der Waals surface area (Å²) in [7, 11) is 0. The number of rotatable bonds is 6. The Balaban J connectivity index is 1.78. The number of nitrogens with zero attached hydrogens (tertiary/aromatic N) is 1. The van der Waals surface area contributed by atoms with Gasteiger partial charge in [0.2, 0.25) is 0 Å². The molecular formula is C18H17ClN2O2. The number of benzene rings is 2. The quantitative estimate of drug-likeness (QED) is 0.689. The molecule has 0 saturated carbocycles. The number of carbonyl (C=O) groups is 1. The van der Waals surface area contributed by atoms with Crippen LogP contribution in [0.4, 0.5) is 0 Å². The molecular weight excluding hydrogens is 312 g/mol. The number of nitrogens with one attached hydrogen (secondary N) is 1. The van der Waals surface area contributed by atoms with Crippen molar-refractivity contribution in [2.75, 3.05) is 0 Å². The molecule has 0 saturated heterocycles. The zero-order valence-corrected chi connectivity index (χ0v) is 13.6. The summed E-state index contributed by atoms with van der Waals surface area (Å²) in [4.78, 5) is 18.4. The van der Waals surface area contributed by atoms with E-state index in [2.05, 4.69) is 9.97 Å². The molecule has 2 aromatic carbocycles. The molecule has 0 bridgehead atoms. The fourth-order valence-electron chi connectivity index (χ4n) is 2.54. The van der Waals surface area contributed by atoms with Gasteiger partial charge in [0, 0.05) is 11.4 Å². The summed E-state index contributed by atoms with van der Waals surface area (Å²) in [5.74, 6) is 1.52. The molecule has 1 heterocycles. The van der Waals surface area contributed by atoms with Crippen LogP contribution in [0, 0.1) is 6.92 Å². The Kier molecular flexibility index (Phi) is 4.63. The van der Waals surface area contributed by atoms with E-state index in [4.69, 9.17) is 16.3 Å². The van der Waals surface area contributed by atoms with Crippen molar-refractivity contribution in [1.82, 2.24) is 9.97 Å². The molecule has 118 valence electrons. The number of hydrogen-bond donors (Lipinski definition) is 1. The maximum atomic E-state index is 10.6.